The van der Waals surface area contributed by atoms with Gasteiger partial charge in [0.1, 0.15) is 16.8 Å². The van der Waals surface area contributed by atoms with Crippen molar-refractivity contribution in [2.24, 2.45) is 0 Å². The number of nitrogens with one attached hydrogen (secondary N) is 1. The molecule has 2 amide bonds. The number of aryl methyl sites for hydroxylation is 2. The fraction of sp³-hybridized carbons (Fsp3) is 0.241. The molecule has 5 rings (SSSR count). The zero-order valence-corrected chi connectivity index (χ0v) is 20.8. The van der Waals surface area contributed by atoms with E-state index >= 15 is 0 Å². The molecule has 5 nitrogen and oxygen atoms in total. The van der Waals surface area contributed by atoms with Crippen LogP contribution in [0.3, 0.4) is 0 Å². The average Bonchev–Trinajstić information content (AvgIpc) is 3.08. The molecular weight excluding hydrogens is 458 g/mol. The summed E-state index contributed by atoms with van der Waals surface area (Å²) in [7, 11) is 0. The lowest BCUT2D eigenvalue weighted by Gasteiger charge is -2.38. The maximum Gasteiger partial charge on any atom is 0.283 e. The van der Waals surface area contributed by atoms with Crippen molar-refractivity contribution in [1.82, 2.24) is 4.90 Å². The fourth-order valence-corrected chi connectivity index (χ4v) is 5.63. The van der Waals surface area contributed by atoms with Crippen LogP contribution in [0.25, 0.3) is 0 Å². The van der Waals surface area contributed by atoms with Crippen molar-refractivity contribution in [2.45, 2.75) is 19.9 Å². The summed E-state index contributed by atoms with van der Waals surface area (Å²) in [5, 5.41) is 0.0141. The van der Waals surface area contributed by atoms with E-state index in [4.69, 9.17) is 11.6 Å². The Bertz CT molecular complexity index is 1220. The Morgan fingerprint density at radius 3 is 1.80 bits per heavy atom. The van der Waals surface area contributed by atoms with Crippen LogP contribution in [0.4, 0.5) is 5.69 Å². The molecule has 1 fully saturated rings. The van der Waals surface area contributed by atoms with E-state index in [1.54, 1.807) is 0 Å². The molecule has 2 aliphatic heterocycles. The molecule has 6 heteroatoms. The minimum Gasteiger partial charge on any atom is -0.354 e. The molecule has 1 saturated heterocycles. The van der Waals surface area contributed by atoms with Gasteiger partial charge in [0.2, 0.25) is 0 Å². The lowest BCUT2D eigenvalue weighted by atomic mass is 9.96. The summed E-state index contributed by atoms with van der Waals surface area (Å²) in [4.78, 5) is 31.1. The number of quaternary nitrogens is 1. The Balaban J connectivity index is 1.37. The summed E-state index contributed by atoms with van der Waals surface area (Å²) < 4.78 is 0. The maximum absolute atomic E-state index is 13.4. The predicted molar refractivity (Wildman–Crippen MR) is 138 cm³/mol. The van der Waals surface area contributed by atoms with Crippen molar-refractivity contribution in [3.05, 3.63) is 112 Å². The first-order valence-corrected chi connectivity index (χ1v) is 12.4. The SMILES string of the molecule is Cc1cc(C)cc(N2C(=O)C(Cl)=C(N3CC[NH+](C(c4ccccc4)c4ccccc4)CC3)C2=O)c1. The quantitative estimate of drug-likeness (QED) is 0.560. The van der Waals surface area contributed by atoms with Crippen LogP contribution in [-0.4, -0.2) is 42.9 Å². The predicted octanol–water partition coefficient (Wildman–Crippen LogP) is 3.62. The van der Waals surface area contributed by atoms with E-state index in [2.05, 4.69) is 48.5 Å². The second-order valence-electron chi connectivity index (χ2n) is 9.35. The smallest absolute Gasteiger partial charge is 0.283 e. The Kier molecular flexibility index (Phi) is 6.46. The van der Waals surface area contributed by atoms with Crippen LogP contribution < -0.4 is 9.80 Å². The van der Waals surface area contributed by atoms with Gasteiger partial charge in [-0.15, -0.1) is 0 Å². The lowest BCUT2D eigenvalue weighted by Crippen LogP contribution is -3.15. The fourth-order valence-electron chi connectivity index (χ4n) is 5.34. The molecule has 0 saturated carbocycles. The molecule has 2 heterocycles. The van der Waals surface area contributed by atoms with Gasteiger partial charge in [-0.25, -0.2) is 4.90 Å². The van der Waals surface area contributed by atoms with Gasteiger partial charge < -0.3 is 9.80 Å². The van der Waals surface area contributed by atoms with Crippen molar-refractivity contribution in [3.8, 4) is 0 Å². The largest absolute Gasteiger partial charge is 0.354 e. The van der Waals surface area contributed by atoms with E-state index in [-0.39, 0.29) is 17.0 Å². The number of piperazine rings is 1. The normalized spacial score (nSPS) is 17.1. The second kappa shape index (κ2) is 9.68. The third-order valence-corrected chi connectivity index (χ3v) is 7.21. The van der Waals surface area contributed by atoms with Crippen molar-refractivity contribution < 1.29 is 14.5 Å². The van der Waals surface area contributed by atoms with Gasteiger partial charge in [-0.2, -0.15) is 0 Å². The summed E-state index contributed by atoms with van der Waals surface area (Å²) in [5.74, 6) is -0.783. The van der Waals surface area contributed by atoms with Crippen LogP contribution in [0.5, 0.6) is 0 Å². The molecule has 2 aliphatic rings. The van der Waals surface area contributed by atoms with Crippen LogP contribution in [0.2, 0.25) is 0 Å². The molecule has 0 bridgehead atoms. The summed E-state index contributed by atoms with van der Waals surface area (Å²) in [6, 6.07) is 27.0. The minimum absolute atomic E-state index is 0.0141. The molecule has 35 heavy (non-hydrogen) atoms. The summed E-state index contributed by atoms with van der Waals surface area (Å²) in [6.07, 6.45) is 0. The van der Waals surface area contributed by atoms with Crippen molar-refractivity contribution in [1.29, 1.82) is 0 Å². The lowest BCUT2D eigenvalue weighted by molar-refractivity contribution is -0.929. The van der Waals surface area contributed by atoms with E-state index < -0.39 is 5.91 Å². The number of rotatable bonds is 5. The Hall–Kier alpha value is -3.41. The molecule has 0 aromatic heterocycles. The number of anilines is 1. The van der Waals surface area contributed by atoms with Gasteiger partial charge in [0.05, 0.1) is 31.9 Å². The summed E-state index contributed by atoms with van der Waals surface area (Å²) in [5.41, 5.74) is 5.43. The number of imide groups is 1. The van der Waals surface area contributed by atoms with Crippen LogP contribution in [0.15, 0.2) is 89.6 Å². The summed E-state index contributed by atoms with van der Waals surface area (Å²) in [6.45, 7) is 6.86. The first-order chi connectivity index (χ1) is 16.9. The molecule has 0 unspecified atom stereocenters. The topological polar surface area (TPSA) is 45.1 Å². The third-order valence-electron chi connectivity index (χ3n) is 6.87. The van der Waals surface area contributed by atoms with E-state index in [1.165, 1.54) is 20.9 Å². The molecular formula is C29H29ClN3O2+. The first kappa shape index (κ1) is 23.3. The number of hydrogen-bond donors (Lipinski definition) is 1. The Morgan fingerprint density at radius 1 is 0.771 bits per heavy atom. The van der Waals surface area contributed by atoms with Crippen LogP contribution in [0, 0.1) is 13.8 Å². The number of halogens is 1. The van der Waals surface area contributed by atoms with E-state index in [0.29, 0.717) is 24.5 Å². The highest BCUT2D eigenvalue weighted by Crippen LogP contribution is 2.32. The molecule has 0 radical (unpaired) electrons. The van der Waals surface area contributed by atoms with Crippen LogP contribution >= 0.6 is 11.6 Å². The van der Waals surface area contributed by atoms with Crippen molar-refractivity contribution in [2.75, 3.05) is 31.1 Å². The highest BCUT2D eigenvalue weighted by molar-refractivity contribution is 6.52. The number of hydrogen-bond acceptors (Lipinski definition) is 3. The van der Waals surface area contributed by atoms with Crippen LogP contribution in [-0.2, 0) is 9.59 Å². The van der Waals surface area contributed by atoms with Crippen molar-refractivity contribution >= 4 is 29.1 Å². The van der Waals surface area contributed by atoms with Gasteiger partial charge in [-0.1, -0.05) is 78.3 Å². The van der Waals surface area contributed by atoms with Gasteiger partial charge in [0.25, 0.3) is 11.8 Å². The minimum atomic E-state index is -0.446. The molecule has 0 aliphatic carbocycles. The number of nitrogens with zero attached hydrogens (tertiary/aromatic N) is 2. The Labute approximate surface area is 211 Å². The third kappa shape index (κ3) is 4.49. The molecule has 3 aromatic rings. The van der Waals surface area contributed by atoms with E-state index in [0.717, 1.165) is 24.2 Å². The molecule has 3 aromatic carbocycles. The van der Waals surface area contributed by atoms with Gasteiger partial charge in [-0.3, -0.25) is 9.59 Å². The molecule has 0 atom stereocenters. The molecule has 0 spiro atoms. The van der Waals surface area contributed by atoms with Crippen LogP contribution in [0.1, 0.15) is 28.3 Å². The first-order valence-electron chi connectivity index (χ1n) is 12.0. The molecule has 1 N–H and O–H groups in total. The standard InChI is InChI=1S/C29H28ClN3O2/c1-20-17-21(2)19-24(18-20)33-28(34)25(30)27(29(33)35)32-15-13-31(14-16-32)26(22-9-5-3-6-10-22)23-11-7-4-8-12-23/h3-12,17-19,26H,13-16H2,1-2H3/p+1. The number of benzene rings is 3. The number of carbonyl (C=O) groups is 2. The van der Waals surface area contributed by atoms with Gasteiger partial charge in [0.15, 0.2) is 0 Å². The maximum atomic E-state index is 13.4. The zero-order valence-electron chi connectivity index (χ0n) is 20.0. The van der Waals surface area contributed by atoms with Gasteiger partial charge >= 0.3 is 0 Å². The number of carbonyl (C=O) groups excluding carboxylic acids is 2. The number of amides is 2. The van der Waals surface area contributed by atoms with E-state index in [9.17, 15) is 9.59 Å². The second-order valence-corrected chi connectivity index (χ2v) is 9.73. The molecule has 178 valence electrons. The van der Waals surface area contributed by atoms with E-state index in [1.807, 2.05) is 49.1 Å². The highest BCUT2D eigenvalue weighted by Gasteiger charge is 2.43. The summed E-state index contributed by atoms with van der Waals surface area (Å²) >= 11 is 6.49. The van der Waals surface area contributed by atoms with Crippen molar-refractivity contribution in [3.63, 3.8) is 0 Å². The van der Waals surface area contributed by atoms with Gasteiger partial charge in [-0.05, 0) is 37.1 Å². The Morgan fingerprint density at radius 2 is 1.29 bits per heavy atom. The monoisotopic (exact) mass is 486 g/mol. The van der Waals surface area contributed by atoms with Gasteiger partial charge in [0, 0.05) is 11.1 Å². The average molecular weight is 487 g/mol. The highest BCUT2D eigenvalue weighted by atomic mass is 35.5. The zero-order chi connectivity index (χ0) is 24.5.